The van der Waals surface area contributed by atoms with Crippen molar-refractivity contribution >= 4 is 17.8 Å². The van der Waals surface area contributed by atoms with Crippen LogP contribution in [0.15, 0.2) is 18.2 Å². The smallest absolute Gasteiger partial charge is 0.325 e. The molecule has 8 nitrogen and oxygen atoms in total. The van der Waals surface area contributed by atoms with Gasteiger partial charge in [0.05, 0.1) is 6.61 Å². The average Bonchev–Trinajstić information content (AvgIpc) is 3.31. The number of rotatable bonds is 4. The summed E-state index contributed by atoms with van der Waals surface area (Å²) in [6.07, 6.45) is 3.25. The van der Waals surface area contributed by atoms with Crippen LogP contribution in [0, 0.1) is 11.3 Å². The van der Waals surface area contributed by atoms with E-state index in [2.05, 4.69) is 49.2 Å². The molecule has 2 atom stereocenters. The maximum absolute atomic E-state index is 13.3. The Kier molecular flexibility index (Phi) is 5.82. The van der Waals surface area contributed by atoms with Crippen LogP contribution in [-0.4, -0.2) is 77.4 Å². The number of nitrogens with zero attached hydrogens (tertiary/aromatic N) is 3. The zero-order chi connectivity index (χ0) is 24.1. The second kappa shape index (κ2) is 8.56. The molecule has 1 aromatic rings. The molecule has 34 heavy (non-hydrogen) atoms. The lowest BCUT2D eigenvalue weighted by atomic mass is 9.64. The first-order chi connectivity index (χ1) is 16.1. The molecule has 1 spiro atoms. The third kappa shape index (κ3) is 4.40. The number of hydrogen-bond acceptors (Lipinski definition) is 5. The van der Waals surface area contributed by atoms with E-state index in [4.69, 9.17) is 4.74 Å². The van der Waals surface area contributed by atoms with E-state index in [1.807, 2.05) is 0 Å². The van der Waals surface area contributed by atoms with Gasteiger partial charge in [-0.05, 0) is 47.8 Å². The number of piperazine rings is 1. The monoisotopic (exact) mass is 468 g/mol. The fourth-order valence-electron chi connectivity index (χ4n) is 6.64. The third-order valence-corrected chi connectivity index (χ3v) is 7.80. The minimum absolute atomic E-state index is 0.0250. The standard InChI is InChI=1S/C26H36N4O4/c1-18-13-25(2,3)17-26(14-18)23(32)30(24(33)27-26)16-22(31)29-9-7-28(8-10-29)15-19-4-5-21-20(12-19)6-11-34-21/h4-5,12,18H,6-11,13-17H2,1-3H3,(H,27,33). The van der Waals surface area contributed by atoms with Crippen LogP contribution in [-0.2, 0) is 22.6 Å². The number of carbonyl (C=O) groups is 3. The Morgan fingerprint density at radius 2 is 1.91 bits per heavy atom. The van der Waals surface area contributed by atoms with Crippen molar-refractivity contribution in [3.05, 3.63) is 29.3 Å². The van der Waals surface area contributed by atoms with Gasteiger partial charge in [-0.1, -0.05) is 32.9 Å². The number of imide groups is 1. The van der Waals surface area contributed by atoms with Crippen LogP contribution in [0.1, 0.15) is 51.2 Å². The normalized spacial score (nSPS) is 28.7. The van der Waals surface area contributed by atoms with Crippen molar-refractivity contribution in [2.75, 3.05) is 39.3 Å². The Hall–Kier alpha value is -2.61. The van der Waals surface area contributed by atoms with Gasteiger partial charge in [0.2, 0.25) is 5.91 Å². The molecule has 1 N–H and O–H groups in total. The molecule has 3 heterocycles. The maximum Gasteiger partial charge on any atom is 0.325 e. The lowest BCUT2D eigenvalue weighted by Crippen LogP contribution is -2.55. The summed E-state index contributed by atoms with van der Waals surface area (Å²) in [5, 5.41) is 2.97. The minimum atomic E-state index is -0.863. The van der Waals surface area contributed by atoms with E-state index < -0.39 is 11.6 Å². The van der Waals surface area contributed by atoms with Crippen LogP contribution >= 0.6 is 0 Å². The van der Waals surface area contributed by atoms with Crippen molar-refractivity contribution in [3.63, 3.8) is 0 Å². The fourth-order valence-corrected chi connectivity index (χ4v) is 6.64. The Morgan fingerprint density at radius 1 is 1.15 bits per heavy atom. The van der Waals surface area contributed by atoms with E-state index in [0.29, 0.717) is 31.8 Å². The number of fused-ring (bicyclic) bond motifs is 1. The summed E-state index contributed by atoms with van der Waals surface area (Å²) in [4.78, 5) is 44.4. The van der Waals surface area contributed by atoms with E-state index in [1.165, 1.54) is 11.1 Å². The number of carbonyl (C=O) groups excluding carboxylic acids is 3. The summed E-state index contributed by atoms with van der Waals surface area (Å²) in [6.45, 7) is 10.6. The van der Waals surface area contributed by atoms with Gasteiger partial charge in [0.15, 0.2) is 0 Å². The third-order valence-electron chi connectivity index (χ3n) is 7.80. The van der Waals surface area contributed by atoms with Gasteiger partial charge >= 0.3 is 6.03 Å². The van der Waals surface area contributed by atoms with E-state index in [-0.39, 0.29) is 23.8 Å². The maximum atomic E-state index is 13.3. The number of urea groups is 1. The van der Waals surface area contributed by atoms with Gasteiger partial charge < -0.3 is 15.0 Å². The molecule has 3 fully saturated rings. The molecule has 1 aliphatic carbocycles. The first-order valence-corrected chi connectivity index (χ1v) is 12.5. The van der Waals surface area contributed by atoms with E-state index in [0.717, 1.165) is 49.7 Å². The summed E-state index contributed by atoms with van der Waals surface area (Å²) in [5.74, 6) is 0.949. The zero-order valence-corrected chi connectivity index (χ0v) is 20.6. The Labute approximate surface area is 201 Å². The topological polar surface area (TPSA) is 82.2 Å². The Balaban J connectivity index is 1.16. The molecule has 2 unspecified atom stereocenters. The highest BCUT2D eigenvalue weighted by molar-refractivity contribution is 6.09. The fraction of sp³-hybridized carbons (Fsp3) is 0.654. The number of amides is 4. The van der Waals surface area contributed by atoms with Gasteiger partial charge in [0.25, 0.3) is 5.91 Å². The van der Waals surface area contributed by atoms with Crippen LogP contribution in [0.4, 0.5) is 4.79 Å². The number of ether oxygens (including phenoxy) is 1. The Morgan fingerprint density at radius 3 is 2.65 bits per heavy atom. The molecular formula is C26H36N4O4. The highest BCUT2D eigenvalue weighted by Crippen LogP contribution is 2.46. The molecule has 4 amide bonds. The largest absolute Gasteiger partial charge is 0.493 e. The molecule has 1 saturated carbocycles. The van der Waals surface area contributed by atoms with Crippen LogP contribution in [0.2, 0.25) is 0 Å². The van der Waals surface area contributed by atoms with Gasteiger partial charge in [0, 0.05) is 39.1 Å². The summed E-state index contributed by atoms with van der Waals surface area (Å²) >= 11 is 0. The molecule has 1 aromatic carbocycles. The average molecular weight is 469 g/mol. The number of hydrogen-bond donors (Lipinski definition) is 1. The molecular weight excluding hydrogens is 432 g/mol. The molecule has 2 saturated heterocycles. The van der Waals surface area contributed by atoms with Crippen molar-refractivity contribution in [2.24, 2.45) is 11.3 Å². The predicted octanol–water partition coefficient (Wildman–Crippen LogP) is 2.40. The van der Waals surface area contributed by atoms with Crippen molar-refractivity contribution in [1.29, 1.82) is 0 Å². The molecule has 8 heteroatoms. The quantitative estimate of drug-likeness (QED) is 0.687. The van der Waals surface area contributed by atoms with E-state index >= 15 is 0 Å². The highest BCUT2D eigenvalue weighted by atomic mass is 16.5. The molecule has 0 aromatic heterocycles. The molecule has 0 bridgehead atoms. The number of benzene rings is 1. The van der Waals surface area contributed by atoms with Gasteiger partial charge in [-0.3, -0.25) is 19.4 Å². The zero-order valence-electron chi connectivity index (χ0n) is 20.6. The summed E-state index contributed by atoms with van der Waals surface area (Å²) < 4.78 is 5.59. The van der Waals surface area contributed by atoms with Gasteiger partial charge in [-0.2, -0.15) is 0 Å². The van der Waals surface area contributed by atoms with Gasteiger partial charge in [0.1, 0.15) is 17.8 Å². The first-order valence-electron chi connectivity index (χ1n) is 12.5. The van der Waals surface area contributed by atoms with Crippen LogP contribution < -0.4 is 10.1 Å². The van der Waals surface area contributed by atoms with Crippen LogP contribution in [0.25, 0.3) is 0 Å². The minimum Gasteiger partial charge on any atom is -0.493 e. The molecule has 3 aliphatic heterocycles. The lowest BCUT2D eigenvalue weighted by molar-refractivity contribution is -0.141. The molecule has 5 rings (SSSR count). The first kappa shape index (κ1) is 23.1. The van der Waals surface area contributed by atoms with E-state index in [9.17, 15) is 14.4 Å². The molecule has 184 valence electrons. The summed E-state index contributed by atoms with van der Waals surface area (Å²) in [6, 6.07) is 5.96. The van der Waals surface area contributed by atoms with Crippen molar-refractivity contribution in [1.82, 2.24) is 20.0 Å². The van der Waals surface area contributed by atoms with Gasteiger partial charge in [-0.25, -0.2) is 4.79 Å². The lowest BCUT2D eigenvalue weighted by Gasteiger charge is -2.43. The number of nitrogens with one attached hydrogen (secondary N) is 1. The molecule has 4 aliphatic rings. The summed E-state index contributed by atoms with van der Waals surface area (Å²) in [7, 11) is 0. The van der Waals surface area contributed by atoms with Crippen molar-refractivity contribution in [2.45, 2.75) is 58.5 Å². The van der Waals surface area contributed by atoms with E-state index in [1.54, 1.807) is 4.90 Å². The second-order valence-corrected chi connectivity index (χ2v) is 11.5. The van der Waals surface area contributed by atoms with Crippen LogP contribution in [0.3, 0.4) is 0 Å². The van der Waals surface area contributed by atoms with Gasteiger partial charge in [-0.15, -0.1) is 0 Å². The highest BCUT2D eigenvalue weighted by Gasteiger charge is 2.56. The van der Waals surface area contributed by atoms with Crippen LogP contribution in [0.5, 0.6) is 5.75 Å². The molecule has 0 radical (unpaired) electrons. The SMILES string of the molecule is CC1CC(C)(C)CC2(C1)NC(=O)N(CC(=O)N1CCN(Cc3ccc4c(c3)CCO4)CC1)C2=O. The summed E-state index contributed by atoms with van der Waals surface area (Å²) in [5.41, 5.74) is 1.65. The Bertz CT molecular complexity index is 1000. The van der Waals surface area contributed by atoms with Crippen molar-refractivity contribution < 1.29 is 19.1 Å². The second-order valence-electron chi connectivity index (χ2n) is 11.5. The predicted molar refractivity (Wildman–Crippen MR) is 127 cm³/mol. The van der Waals surface area contributed by atoms with Crippen molar-refractivity contribution in [3.8, 4) is 5.75 Å².